The van der Waals surface area contributed by atoms with Gasteiger partial charge < -0.3 is 11.5 Å². The zero-order valence-corrected chi connectivity index (χ0v) is 5.65. The summed E-state index contributed by atoms with van der Waals surface area (Å²) in [6.45, 7) is 1.99. The molecule has 0 aromatic rings. The fraction of sp³-hybridized carbons (Fsp3) is 0.429. The number of allylic oxidation sites excluding steroid dienone is 4. The molecule has 0 saturated carbocycles. The SMILES string of the molecule is CC1=C(N)CCC(N)=C1. The van der Waals surface area contributed by atoms with Crippen molar-refractivity contribution in [3.8, 4) is 0 Å². The van der Waals surface area contributed by atoms with E-state index in [4.69, 9.17) is 11.5 Å². The van der Waals surface area contributed by atoms with Crippen molar-refractivity contribution in [2.45, 2.75) is 19.8 Å². The summed E-state index contributed by atoms with van der Waals surface area (Å²) < 4.78 is 0. The van der Waals surface area contributed by atoms with E-state index in [1.807, 2.05) is 13.0 Å². The lowest BCUT2D eigenvalue weighted by atomic mass is 10.0. The molecule has 0 aromatic carbocycles. The second kappa shape index (κ2) is 2.13. The second-order valence-corrected chi connectivity index (χ2v) is 2.43. The largest absolute Gasteiger partial charge is 0.402 e. The molecule has 0 bridgehead atoms. The van der Waals surface area contributed by atoms with Gasteiger partial charge in [0.15, 0.2) is 0 Å². The normalized spacial score (nSPS) is 19.9. The molecule has 0 atom stereocenters. The lowest BCUT2D eigenvalue weighted by Gasteiger charge is -2.11. The van der Waals surface area contributed by atoms with Crippen LogP contribution in [-0.2, 0) is 0 Å². The van der Waals surface area contributed by atoms with E-state index in [1.165, 1.54) is 0 Å². The quantitative estimate of drug-likeness (QED) is 0.503. The molecular formula is C7H12N2. The van der Waals surface area contributed by atoms with Crippen molar-refractivity contribution >= 4 is 0 Å². The summed E-state index contributed by atoms with van der Waals surface area (Å²) in [5.41, 5.74) is 14.2. The molecule has 0 aromatic heterocycles. The van der Waals surface area contributed by atoms with Crippen LogP contribution in [0.2, 0.25) is 0 Å². The molecule has 4 N–H and O–H groups in total. The Morgan fingerprint density at radius 1 is 1.33 bits per heavy atom. The number of hydrogen-bond donors (Lipinski definition) is 2. The highest BCUT2D eigenvalue weighted by Gasteiger charge is 2.03. The standard InChI is InChI=1S/C7H12N2/c1-5-4-6(8)2-3-7(5)9/h4H,2-3,8-9H2,1H3. The van der Waals surface area contributed by atoms with Gasteiger partial charge in [0, 0.05) is 11.4 Å². The van der Waals surface area contributed by atoms with Crippen molar-refractivity contribution in [2.75, 3.05) is 0 Å². The summed E-state index contributed by atoms with van der Waals surface area (Å²) >= 11 is 0. The summed E-state index contributed by atoms with van der Waals surface area (Å²) in [5, 5.41) is 0. The third-order valence-electron chi connectivity index (χ3n) is 1.59. The van der Waals surface area contributed by atoms with Gasteiger partial charge >= 0.3 is 0 Å². The maximum Gasteiger partial charge on any atom is 0.0115 e. The van der Waals surface area contributed by atoms with E-state index < -0.39 is 0 Å². The van der Waals surface area contributed by atoms with Gasteiger partial charge in [0.2, 0.25) is 0 Å². The van der Waals surface area contributed by atoms with Crippen molar-refractivity contribution in [3.05, 3.63) is 23.0 Å². The zero-order valence-electron chi connectivity index (χ0n) is 5.65. The Bertz CT molecular complexity index is 177. The molecule has 0 radical (unpaired) electrons. The van der Waals surface area contributed by atoms with Crippen LogP contribution in [-0.4, -0.2) is 0 Å². The Kier molecular flexibility index (Phi) is 1.47. The van der Waals surface area contributed by atoms with Gasteiger partial charge in [-0.2, -0.15) is 0 Å². The molecule has 0 saturated heterocycles. The van der Waals surface area contributed by atoms with E-state index >= 15 is 0 Å². The van der Waals surface area contributed by atoms with Gasteiger partial charge in [0.25, 0.3) is 0 Å². The fourth-order valence-corrected chi connectivity index (χ4v) is 0.919. The highest BCUT2D eigenvalue weighted by Crippen LogP contribution is 2.16. The Labute approximate surface area is 55.2 Å². The molecule has 1 aliphatic carbocycles. The van der Waals surface area contributed by atoms with E-state index in [1.54, 1.807) is 0 Å². The first-order valence-corrected chi connectivity index (χ1v) is 3.11. The van der Waals surface area contributed by atoms with E-state index in [2.05, 4.69) is 0 Å². The second-order valence-electron chi connectivity index (χ2n) is 2.43. The molecule has 9 heavy (non-hydrogen) atoms. The molecule has 2 heteroatoms. The number of nitrogens with two attached hydrogens (primary N) is 2. The van der Waals surface area contributed by atoms with Crippen LogP contribution < -0.4 is 11.5 Å². The van der Waals surface area contributed by atoms with Crippen LogP contribution in [0.3, 0.4) is 0 Å². The summed E-state index contributed by atoms with van der Waals surface area (Å²) in [7, 11) is 0. The first kappa shape index (κ1) is 6.20. The maximum absolute atomic E-state index is 5.62. The molecule has 1 rings (SSSR count). The van der Waals surface area contributed by atoms with Crippen molar-refractivity contribution in [3.63, 3.8) is 0 Å². The van der Waals surface area contributed by atoms with Gasteiger partial charge in [-0.05, 0) is 31.4 Å². The van der Waals surface area contributed by atoms with Crippen molar-refractivity contribution in [2.24, 2.45) is 11.5 Å². The molecule has 2 nitrogen and oxygen atoms in total. The van der Waals surface area contributed by atoms with E-state index in [9.17, 15) is 0 Å². The van der Waals surface area contributed by atoms with Crippen LogP contribution in [0.15, 0.2) is 23.0 Å². The van der Waals surface area contributed by atoms with Gasteiger partial charge in [-0.1, -0.05) is 0 Å². The Hall–Kier alpha value is -0.920. The topological polar surface area (TPSA) is 52.0 Å². The molecular weight excluding hydrogens is 112 g/mol. The minimum atomic E-state index is 0.920. The van der Waals surface area contributed by atoms with Gasteiger partial charge in [-0.3, -0.25) is 0 Å². The Morgan fingerprint density at radius 3 is 2.44 bits per heavy atom. The average molecular weight is 124 g/mol. The molecule has 0 aliphatic heterocycles. The van der Waals surface area contributed by atoms with E-state index in [0.29, 0.717) is 0 Å². The van der Waals surface area contributed by atoms with Crippen LogP contribution in [0.25, 0.3) is 0 Å². The van der Waals surface area contributed by atoms with Gasteiger partial charge in [0.1, 0.15) is 0 Å². The van der Waals surface area contributed by atoms with Gasteiger partial charge in [0.05, 0.1) is 0 Å². The minimum absolute atomic E-state index is 0.920. The van der Waals surface area contributed by atoms with Crippen LogP contribution in [0.5, 0.6) is 0 Å². The van der Waals surface area contributed by atoms with Crippen LogP contribution in [0, 0.1) is 0 Å². The molecule has 0 fully saturated rings. The summed E-state index contributed by atoms with van der Waals surface area (Å²) in [5.74, 6) is 0. The zero-order chi connectivity index (χ0) is 6.85. The predicted molar refractivity (Wildman–Crippen MR) is 38.4 cm³/mol. The van der Waals surface area contributed by atoms with Crippen LogP contribution in [0.1, 0.15) is 19.8 Å². The third-order valence-corrected chi connectivity index (χ3v) is 1.59. The van der Waals surface area contributed by atoms with Crippen LogP contribution >= 0.6 is 0 Å². The van der Waals surface area contributed by atoms with E-state index in [-0.39, 0.29) is 0 Å². The molecule has 0 amide bonds. The van der Waals surface area contributed by atoms with Crippen molar-refractivity contribution in [1.82, 2.24) is 0 Å². The minimum Gasteiger partial charge on any atom is -0.402 e. The first-order chi connectivity index (χ1) is 4.20. The molecule has 0 heterocycles. The summed E-state index contributed by atoms with van der Waals surface area (Å²) in [6.07, 6.45) is 3.79. The molecule has 1 aliphatic rings. The molecule has 0 spiro atoms. The monoisotopic (exact) mass is 124 g/mol. The summed E-state index contributed by atoms with van der Waals surface area (Å²) in [4.78, 5) is 0. The van der Waals surface area contributed by atoms with Gasteiger partial charge in [-0.15, -0.1) is 0 Å². The number of rotatable bonds is 0. The van der Waals surface area contributed by atoms with Crippen molar-refractivity contribution in [1.29, 1.82) is 0 Å². The van der Waals surface area contributed by atoms with Crippen LogP contribution in [0.4, 0.5) is 0 Å². The molecule has 0 unspecified atom stereocenters. The lowest BCUT2D eigenvalue weighted by Crippen LogP contribution is -2.09. The highest BCUT2D eigenvalue weighted by atomic mass is 14.6. The maximum atomic E-state index is 5.62. The lowest BCUT2D eigenvalue weighted by molar-refractivity contribution is 0.862. The highest BCUT2D eigenvalue weighted by molar-refractivity contribution is 5.28. The Morgan fingerprint density at radius 2 is 2.00 bits per heavy atom. The first-order valence-electron chi connectivity index (χ1n) is 3.11. The number of hydrogen-bond acceptors (Lipinski definition) is 2. The predicted octanol–water partition coefficient (Wildman–Crippen LogP) is 0.856. The average Bonchev–Trinajstić information content (AvgIpc) is 1.80. The van der Waals surface area contributed by atoms with E-state index in [0.717, 1.165) is 29.8 Å². The summed E-state index contributed by atoms with van der Waals surface area (Å²) in [6, 6.07) is 0. The Balaban J connectivity index is 2.83. The smallest absolute Gasteiger partial charge is 0.0115 e. The third kappa shape index (κ3) is 1.25. The molecule has 50 valence electrons. The van der Waals surface area contributed by atoms with Gasteiger partial charge in [-0.25, -0.2) is 0 Å². The fourth-order valence-electron chi connectivity index (χ4n) is 0.919. The van der Waals surface area contributed by atoms with Crippen molar-refractivity contribution < 1.29 is 0 Å².